The van der Waals surface area contributed by atoms with Gasteiger partial charge in [-0.05, 0) is 148 Å². The molecule has 0 spiro atoms. The first-order chi connectivity index (χ1) is 47.7. The highest BCUT2D eigenvalue weighted by Crippen LogP contribution is 2.45. The smallest absolute Gasteiger partial charge is 0.462 e. The van der Waals surface area contributed by atoms with Crippen LogP contribution in [0.15, 0.2) is 85.1 Å². The lowest BCUT2D eigenvalue weighted by molar-refractivity contribution is -0.161. The van der Waals surface area contributed by atoms with Crippen molar-refractivity contribution >= 4 is 39.5 Å². The molecule has 0 saturated carbocycles. The molecule has 568 valence electrons. The topological polar surface area (TPSA) is 237 Å². The van der Waals surface area contributed by atoms with E-state index in [1.807, 2.05) is 0 Å². The number of phosphoric ester groups is 2. The Labute approximate surface area is 595 Å². The summed E-state index contributed by atoms with van der Waals surface area (Å²) < 4.78 is 68.5. The lowest BCUT2D eigenvalue weighted by Gasteiger charge is -2.21. The summed E-state index contributed by atoms with van der Waals surface area (Å²) in [5.74, 6) is -2.21. The number of carbonyl (C=O) groups excluding carboxylic acids is 4. The maximum atomic E-state index is 13.1. The molecule has 5 unspecified atom stereocenters. The zero-order chi connectivity index (χ0) is 71.8. The molecule has 0 amide bonds. The summed E-state index contributed by atoms with van der Waals surface area (Å²) in [5.41, 5.74) is 0. The van der Waals surface area contributed by atoms with Crippen LogP contribution in [0.3, 0.4) is 0 Å². The molecular weight excluding hydrogens is 1280 g/mol. The van der Waals surface area contributed by atoms with Gasteiger partial charge in [-0.2, -0.15) is 0 Å². The Morgan fingerprint density at radius 2 is 0.500 bits per heavy atom. The van der Waals surface area contributed by atoms with Crippen molar-refractivity contribution in [3.63, 3.8) is 0 Å². The van der Waals surface area contributed by atoms with Crippen LogP contribution in [0.2, 0.25) is 0 Å². The molecule has 17 nitrogen and oxygen atoms in total. The summed E-state index contributed by atoms with van der Waals surface area (Å²) in [6.07, 6.45) is 72.7. The first-order valence-electron chi connectivity index (χ1n) is 38.8. The zero-order valence-electron chi connectivity index (χ0n) is 62.0. The molecule has 0 saturated heterocycles. The van der Waals surface area contributed by atoms with Crippen molar-refractivity contribution in [3.05, 3.63) is 85.1 Å². The monoisotopic (exact) mass is 1420 g/mol. The number of aliphatic hydroxyl groups excluding tert-OH is 1. The van der Waals surface area contributed by atoms with Crippen LogP contribution in [-0.2, 0) is 65.4 Å². The summed E-state index contributed by atoms with van der Waals surface area (Å²) in [6.45, 7) is 4.75. The normalized spacial score (nSPS) is 14.4. The fraction of sp³-hybridized carbons (Fsp3) is 0.772. The molecule has 3 N–H and O–H groups in total. The van der Waals surface area contributed by atoms with E-state index in [0.717, 1.165) is 173 Å². The number of ether oxygens (including phenoxy) is 4. The van der Waals surface area contributed by atoms with Crippen LogP contribution in [0.5, 0.6) is 0 Å². The molecule has 0 aliphatic heterocycles. The van der Waals surface area contributed by atoms with Crippen molar-refractivity contribution in [2.45, 2.75) is 354 Å². The summed E-state index contributed by atoms with van der Waals surface area (Å²) in [4.78, 5) is 72.9. The summed E-state index contributed by atoms with van der Waals surface area (Å²) >= 11 is 0. The fourth-order valence-electron chi connectivity index (χ4n) is 10.3. The van der Waals surface area contributed by atoms with Crippen molar-refractivity contribution in [2.24, 2.45) is 0 Å². The molecule has 5 atom stereocenters. The Hall–Kier alpha value is -3.76. The second-order valence-corrected chi connectivity index (χ2v) is 28.8. The Bertz CT molecular complexity index is 2190. The number of hydrogen-bond donors (Lipinski definition) is 3. The Balaban J connectivity index is 5.37. The molecule has 0 aromatic rings. The maximum Gasteiger partial charge on any atom is 0.472 e. The van der Waals surface area contributed by atoms with Crippen LogP contribution in [0, 0.1) is 0 Å². The van der Waals surface area contributed by atoms with E-state index in [0.29, 0.717) is 25.7 Å². The number of allylic oxidation sites excluding steroid dienone is 14. The van der Waals surface area contributed by atoms with Gasteiger partial charge in [0.25, 0.3) is 0 Å². The first-order valence-corrected chi connectivity index (χ1v) is 41.8. The van der Waals surface area contributed by atoms with E-state index in [1.165, 1.54) is 83.5 Å². The predicted molar refractivity (Wildman–Crippen MR) is 399 cm³/mol. The third kappa shape index (κ3) is 70.7. The van der Waals surface area contributed by atoms with Gasteiger partial charge in [-0.1, -0.05) is 248 Å². The molecular formula is C79H140O17P2. The molecule has 0 bridgehead atoms. The van der Waals surface area contributed by atoms with Gasteiger partial charge in [0.05, 0.1) is 26.4 Å². The minimum atomic E-state index is -4.98. The molecule has 0 aliphatic carbocycles. The second kappa shape index (κ2) is 71.6. The SMILES string of the molecule is CCCCCC=CCC=CCCCCCCCC(=O)OCC(COP(=O)(O)OCC(O)COP(=O)(O)OCC(COC(=O)CCCCCCCC=CCC=CCCCCC)OC(=O)CCCCCCCC=CCCCCCC)OC(=O)CCCCCCCC=CCC=CCCCCC. The van der Waals surface area contributed by atoms with Gasteiger partial charge in [0.15, 0.2) is 12.2 Å². The molecule has 98 heavy (non-hydrogen) atoms. The number of hydrogen-bond acceptors (Lipinski definition) is 15. The number of carbonyl (C=O) groups is 4. The number of esters is 4. The van der Waals surface area contributed by atoms with Gasteiger partial charge >= 0.3 is 39.5 Å². The molecule has 0 fully saturated rings. The lowest BCUT2D eigenvalue weighted by Crippen LogP contribution is -2.30. The van der Waals surface area contributed by atoms with Gasteiger partial charge in [-0.15, -0.1) is 0 Å². The van der Waals surface area contributed by atoms with Gasteiger partial charge in [-0.3, -0.25) is 37.3 Å². The highest BCUT2D eigenvalue weighted by atomic mass is 31.2. The van der Waals surface area contributed by atoms with E-state index in [2.05, 4.69) is 113 Å². The molecule has 0 radical (unpaired) electrons. The van der Waals surface area contributed by atoms with Gasteiger partial charge in [0.2, 0.25) is 0 Å². The van der Waals surface area contributed by atoms with Crippen molar-refractivity contribution in [1.82, 2.24) is 0 Å². The number of phosphoric acid groups is 2. The van der Waals surface area contributed by atoms with E-state index in [1.54, 1.807) is 0 Å². The second-order valence-electron chi connectivity index (χ2n) is 25.9. The zero-order valence-corrected chi connectivity index (χ0v) is 63.7. The van der Waals surface area contributed by atoms with E-state index >= 15 is 0 Å². The number of aliphatic hydroxyl groups is 1. The van der Waals surface area contributed by atoms with E-state index in [-0.39, 0.29) is 25.7 Å². The number of rotatable bonds is 73. The van der Waals surface area contributed by atoms with Crippen LogP contribution < -0.4 is 0 Å². The van der Waals surface area contributed by atoms with Crippen LogP contribution in [0.4, 0.5) is 0 Å². The van der Waals surface area contributed by atoms with Crippen molar-refractivity contribution in [1.29, 1.82) is 0 Å². The summed E-state index contributed by atoms with van der Waals surface area (Å²) in [5, 5.41) is 10.6. The summed E-state index contributed by atoms with van der Waals surface area (Å²) in [6, 6.07) is 0. The molecule has 0 rings (SSSR count). The summed E-state index contributed by atoms with van der Waals surface area (Å²) in [7, 11) is -9.96. The van der Waals surface area contributed by atoms with Gasteiger partial charge in [0.1, 0.15) is 19.3 Å². The minimum absolute atomic E-state index is 0.0767. The lowest BCUT2D eigenvalue weighted by atomic mass is 10.1. The molecule has 19 heteroatoms. The highest BCUT2D eigenvalue weighted by Gasteiger charge is 2.30. The quantitative estimate of drug-likeness (QED) is 0.0169. The van der Waals surface area contributed by atoms with Gasteiger partial charge < -0.3 is 33.8 Å². The Morgan fingerprint density at radius 1 is 0.286 bits per heavy atom. The Morgan fingerprint density at radius 3 is 0.786 bits per heavy atom. The van der Waals surface area contributed by atoms with Crippen molar-refractivity contribution in [3.8, 4) is 0 Å². The predicted octanol–water partition coefficient (Wildman–Crippen LogP) is 22.2. The first kappa shape index (κ1) is 94.2. The van der Waals surface area contributed by atoms with Crippen LogP contribution in [-0.4, -0.2) is 96.7 Å². The minimum Gasteiger partial charge on any atom is -0.462 e. The molecule has 0 heterocycles. The Kier molecular flexibility index (Phi) is 68.9. The average Bonchev–Trinajstić information content (AvgIpc) is 1.04. The standard InChI is InChI=1S/C79H140O17P2/c1-5-9-13-17-21-25-29-33-36-40-43-47-51-55-59-63-76(81)89-69-74(95-78(83)65-61-57-53-49-45-39-32-28-24-20-16-12-8-4)71-93-97(85,86)91-67-73(80)68-92-98(87,88)94-72-75(96-79(84)66-62-58-54-50-46-42-38-35-31-27-23-19-15-11-7-3)70-90-77(82)64-60-56-52-48-44-41-37-34-30-26-22-18-14-10-6-2/h21-23,25-28,32-38,73-75,80H,5-20,24,29-31,39-72H2,1-4H3,(H,85,86)(H,87,88). The van der Waals surface area contributed by atoms with Crippen molar-refractivity contribution < 1.29 is 80.2 Å². The average molecular weight is 1420 g/mol. The van der Waals surface area contributed by atoms with Crippen LogP contribution >= 0.6 is 15.6 Å². The van der Waals surface area contributed by atoms with E-state index in [4.69, 9.17) is 37.0 Å². The van der Waals surface area contributed by atoms with Gasteiger partial charge in [-0.25, -0.2) is 9.13 Å². The highest BCUT2D eigenvalue weighted by molar-refractivity contribution is 7.47. The molecule has 0 aromatic heterocycles. The maximum absolute atomic E-state index is 13.1. The third-order valence-electron chi connectivity index (χ3n) is 16.3. The van der Waals surface area contributed by atoms with Crippen molar-refractivity contribution in [2.75, 3.05) is 39.6 Å². The molecule has 0 aliphatic rings. The van der Waals surface area contributed by atoms with Gasteiger partial charge in [0, 0.05) is 25.7 Å². The van der Waals surface area contributed by atoms with E-state index in [9.17, 15) is 43.2 Å². The van der Waals surface area contributed by atoms with Crippen LogP contribution in [0.25, 0.3) is 0 Å². The fourth-order valence-corrected chi connectivity index (χ4v) is 11.9. The molecule has 0 aromatic carbocycles. The third-order valence-corrected chi connectivity index (χ3v) is 18.2. The van der Waals surface area contributed by atoms with E-state index < -0.39 is 97.5 Å². The van der Waals surface area contributed by atoms with Crippen LogP contribution in [0.1, 0.15) is 336 Å². The largest absolute Gasteiger partial charge is 0.472 e. The number of unbranched alkanes of at least 4 members (excludes halogenated alkanes) is 33.